The Hall–Kier alpha value is -1.98. The fourth-order valence-electron chi connectivity index (χ4n) is 1.33. The number of aromatic nitrogens is 4. The van der Waals surface area contributed by atoms with E-state index < -0.39 is 0 Å². The van der Waals surface area contributed by atoms with Gasteiger partial charge in [0, 0.05) is 11.8 Å². The second-order valence-electron chi connectivity index (χ2n) is 3.35. The largest absolute Gasteiger partial charge is 0.363 e. The molecule has 0 aliphatic carbocycles. The van der Waals surface area contributed by atoms with Crippen LogP contribution in [0.25, 0.3) is 0 Å². The molecule has 16 heavy (non-hydrogen) atoms. The van der Waals surface area contributed by atoms with Gasteiger partial charge in [-0.2, -0.15) is 4.98 Å². The molecule has 0 saturated heterocycles. The fourth-order valence-corrected chi connectivity index (χ4v) is 1.33. The van der Waals surface area contributed by atoms with E-state index in [0.717, 1.165) is 24.4 Å². The maximum Gasteiger partial charge on any atom is 0.213 e. The smallest absolute Gasteiger partial charge is 0.213 e. The first-order chi connectivity index (χ1) is 7.88. The fraction of sp³-hybridized carbons (Fsp3) is 0.400. The van der Waals surface area contributed by atoms with E-state index in [2.05, 4.69) is 36.9 Å². The predicted octanol–water partition coefficient (Wildman–Crippen LogP) is 1.42. The van der Waals surface area contributed by atoms with Crippen LogP contribution in [-0.4, -0.2) is 20.1 Å². The highest BCUT2D eigenvalue weighted by molar-refractivity contribution is 5.34. The van der Waals surface area contributed by atoms with Gasteiger partial charge in [-0.25, -0.2) is 9.97 Å². The monoisotopic (exact) mass is 219 g/mol. The van der Waals surface area contributed by atoms with Gasteiger partial charge >= 0.3 is 0 Å². The van der Waals surface area contributed by atoms with Gasteiger partial charge in [0.05, 0.1) is 6.54 Å². The molecule has 6 heteroatoms. The van der Waals surface area contributed by atoms with Crippen LogP contribution in [0.4, 0.5) is 5.82 Å². The average Bonchev–Trinajstić information content (AvgIpc) is 2.80. The highest BCUT2D eigenvalue weighted by Gasteiger charge is 2.00. The van der Waals surface area contributed by atoms with Crippen LogP contribution in [0.1, 0.15) is 24.9 Å². The second kappa shape index (κ2) is 5.20. The van der Waals surface area contributed by atoms with Gasteiger partial charge < -0.3 is 9.84 Å². The molecule has 2 aromatic heterocycles. The Morgan fingerprint density at radius 2 is 2.25 bits per heavy atom. The maximum absolute atomic E-state index is 4.63. The number of hydrogen-bond donors (Lipinski definition) is 1. The highest BCUT2D eigenvalue weighted by Crippen LogP contribution is 2.06. The zero-order chi connectivity index (χ0) is 11.2. The molecule has 0 atom stereocenters. The lowest BCUT2D eigenvalue weighted by Gasteiger charge is -2.03. The lowest BCUT2D eigenvalue weighted by Crippen LogP contribution is -2.04. The molecule has 0 unspecified atom stereocenters. The summed E-state index contributed by atoms with van der Waals surface area (Å²) in [6.45, 7) is 2.62. The van der Waals surface area contributed by atoms with E-state index in [1.165, 1.54) is 6.39 Å². The van der Waals surface area contributed by atoms with Crippen molar-refractivity contribution < 1.29 is 4.52 Å². The van der Waals surface area contributed by atoms with Crippen molar-refractivity contribution in [3.8, 4) is 0 Å². The average molecular weight is 219 g/mol. The summed E-state index contributed by atoms with van der Waals surface area (Å²) in [4.78, 5) is 12.2. The van der Waals surface area contributed by atoms with E-state index in [-0.39, 0.29) is 0 Å². The Kier molecular flexibility index (Phi) is 3.42. The number of rotatable bonds is 5. The van der Waals surface area contributed by atoms with Crippen molar-refractivity contribution in [2.75, 3.05) is 5.32 Å². The van der Waals surface area contributed by atoms with Crippen LogP contribution in [0.15, 0.2) is 23.3 Å². The normalized spacial score (nSPS) is 10.3. The van der Waals surface area contributed by atoms with Crippen LogP contribution < -0.4 is 5.32 Å². The first-order valence-corrected chi connectivity index (χ1v) is 5.18. The Labute approximate surface area is 93.1 Å². The summed E-state index contributed by atoms with van der Waals surface area (Å²) < 4.78 is 4.63. The predicted molar refractivity (Wildman–Crippen MR) is 57.7 cm³/mol. The lowest BCUT2D eigenvalue weighted by atomic mass is 10.2. The second-order valence-corrected chi connectivity index (χ2v) is 3.35. The van der Waals surface area contributed by atoms with Crippen LogP contribution in [0, 0.1) is 0 Å². The number of nitrogens with zero attached hydrogens (tertiary/aromatic N) is 4. The number of anilines is 1. The molecule has 84 valence electrons. The molecule has 0 saturated carbocycles. The Balaban J connectivity index is 1.96. The SMILES string of the molecule is CCCc1cc(NCc2ncon2)ncn1. The van der Waals surface area contributed by atoms with Crippen molar-refractivity contribution >= 4 is 5.82 Å². The minimum atomic E-state index is 0.499. The quantitative estimate of drug-likeness (QED) is 0.819. The maximum atomic E-state index is 4.63. The van der Waals surface area contributed by atoms with E-state index in [1.807, 2.05) is 6.07 Å². The molecule has 2 heterocycles. The third-order valence-corrected chi connectivity index (χ3v) is 2.06. The molecule has 0 spiro atoms. The van der Waals surface area contributed by atoms with E-state index in [4.69, 9.17) is 0 Å². The standard InChI is InChI=1S/C10H13N5O/c1-2-3-8-4-9(13-6-12-8)11-5-10-14-7-16-15-10/h4,6-7H,2-3,5H2,1H3,(H,11,12,13). The van der Waals surface area contributed by atoms with Crippen molar-refractivity contribution in [1.82, 2.24) is 20.1 Å². The molecular weight excluding hydrogens is 206 g/mol. The van der Waals surface area contributed by atoms with Crippen molar-refractivity contribution in [2.24, 2.45) is 0 Å². The molecule has 1 N–H and O–H groups in total. The third kappa shape index (κ3) is 2.75. The van der Waals surface area contributed by atoms with E-state index in [1.54, 1.807) is 6.33 Å². The molecule has 0 fully saturated rings. The van der Waals surface area contributed by atoms with Gasteiger partial charge in [0.25, 0.3) is 0 Å². The first kappa shape index (κ1) is 10.5. The summed E-state index contributed by atoms with van der Waals surface area (Å²) in [5.41, 5.74) is 1.04. The molecule has 0 bridgehead atoms. The Morgan fingerprint density at radius 1 is 1.31 bits per heavy atom. The van der Waals surface area contributed by atoms with Crippen LogP contribution in [-0.2, 0) is 13.0 Å². The van der Waals surface area contributed by atoms with E-state index >= 15 is 0 Å². The van der Waals surface area contributed by atoms with Crippen molar-refractivity contribution in [1.29, 1.82) is 0 Å². The summed E-state index contributed by atoms with van der Waals surface area (Å²) in [7, 11) is 0. The summed E-state index contributed by atoms with van der Waals surface area (Å²) in [6, 6.07) is 1.93. The molecule has 0 radical (unpaired) electrons. The van der Waals surface area contributed by atoms with E-state index in [9.17, 15) is 0 Å². The minimum Gasteiger partial charge on any atom is -0.363 e. The van der Waals surface area contributed by atoms with Gasteiger partial charge in [0.1, 0.15) is 12.1 Å². The zero-order valence-electron chi connectivity index (χ0n) is 9.05. The van der Waals surface area contributed by atoms with Crippen molar-refractivity contribution in [2.45, 2.75) is 26.3 Å². The topological polar surface area (TPSA) is 76.7 Å². The van der Waals surface area contributed by atoms with Crippen LogP contribution in [0.3, 0.4) is 0 Å². The summed E-state index contributed by atoms with van der Waals surface area (Å²) in [5, 5.41) is 6.81. The Morgan fingerprint density at radius 3 is 3.00 bits per heavy atom. The minimum absolute atomic E-state index is 0.499. The van der Waals surface area contributed by atoms with Crippen LogP contribution in [0.5, 0.6) is 0 Å². The Bertz CT molecular complexity index is 429. The van der Waals surface area contributed by atoms with Gasteiger partial charge in [0.15, 0.2) is 5.82 Å². The highest BCUT2D eigenvalue weighted by atomic mass is 16.5. The molecule has 2 aromatic rings. The molecular formula is C10H13N5O. The number of aryl methyl sites for hydroxylation is 1. The van der Waals surface area contributed by atoms with Gasteiger partial charge in [-0.15, -0.1) is 0 Å². The molecule has 0 aliphatic rings. The van der Waals surface area contributed by atoms with Gasteiger partial charge in [-0.05, 0) is 6.42 Å². The molecule has 0 aliphatic heterocycles. The van der Waals surface area contributed by atoms with Gasteiger partial charge in [-0.3, -0.25) is 0 Å². The molecule has 6 nitrogen and oxygen atoms in total. The number of nitrogens with one attached hydrogen (secondary N) is 1. The molecule has 2 rings (SSSR count). The summed E-state index contributed by atoms with van der Waals surface area (Å²) >= 11 is 0. The third-order valence-electron chi connectivity index (χ3n) is 2.06. The van der Waals surface area contributed by atoms with Gasteiger partial charge in [0.2, 0.25) is 6.39 Å². The summed E-state index contributed by atoms with van der Waals surface area (Å²) in [5.74, 6) is 1.39. The van der Waals surface area contributed by atoms with Crippen molar-refractivity contribution in [3.63, 3.8) is 0 Å². The summed E-state index contributed by atoms with van der Waals surface area (Å²) in [6.07, 6.45) is 4.89. The van der Waals surface area contributed by atoms with Crippen molar-refractivity contribution in [3.05, 3.63) is 30.3 Å². The number of hydrogen-bond acceptors (Lipinski definition) is 6. The van der Waals surface area contributed by atoms with Gasteiger partial charge in [-0.1, -0.05) is 18.5 Å². The van der Waals surface area contributed by atoms with Crippen LogP contribution in [0.2, 0.25) is 0 Å². The van der Waals surface area contributed by atoms with Crippen LogP contribution >= 0.6 is 0 Å². The van der Waals surface area contributed by atoms with E-state index in [0.29, 0.717) is 12.4 Å². The lowest BCUT2D eigenvalue weighted by molar-refractivity contribution is 0.411. The molecule has 0 amide bonds. The zero-order valence-corrected chi connectivity index (χ0v) is 9.05. The molecule has 0 aromatic carbocycles. The first-order valence-electron chi connectivity index (χ1n) is 5.18.